The second-order valence-electron chi connectivity index (χ2n) is 5.48. The number of hydrogen-bond acceptors (Lipinski definition) is 4. The van der Waals surface area contributed by atoms with E-state index >= 15 is 0 Å². The first-order valence-corrected chi connectivity index (χ1v) is 7.01. The van der Waals surface area contributed by atoms with Crippen molar-refractivity contribution in [3.05, 3.63) is 35.4 Å². The molecule has 5 heteroatoms. The van der Waals surface area contributed by atoms with Crippen molar-refractivity contribution in [2.45, 2.75) is 37.9 Å². The standard InChI is InChI=1S/C15H23N3O2/c1-11(16)13-4-2-12(3-5-13)10-18-14(19)15(17)6-8-20-9-7-15/h2-5,11H,6-10,16-17H2,1H3,(H,18,19). The molecule has 110 valence electrons. The largest absolute Gasteiger partial charge is 0.381 e. The van der Waals surface area contributed by atoms with Crippen LogP contribution in [-0.2, 0) is 16.1 Å². The maximum absolute atomic E-state index is 12.2. The Labute approximate surface area is 119 Å². The SMILES string of the molecule is CC(N)c1ccc(CNC(=O)C2(N)CCOCC2)cc1. The first-order valence-electron chi connectivity index (χ1n) is 7.01. The zero-order chi connectivity index (χ0) is 14.6. The Hall–Kier alpha value is -1.43. The molecule has 1 saturated heterocycles. The molecule has 1 heterocycles. The third-order valence-electron chi connectivity index (χ3n) is 3.80. The van der Waals surface area contributed by atoms with Crippen LogP contribution in [0.15, 0.2) is 24.3 Å². The van der Waals surface area contributed by atoms with Gasteiger partial charge >= 0.3 is 0 Å². The fraction of sp³-hybridized carbons (Fsp3) is 0.533. The van der Waals surface area contributed by atoms with Gasteiger partial charge in [0.05, 0.1) is 5.54 Å². The van der Waals surface area contributed by atoms with Gasteiger partial charge < -0.3 is 21.5 Å². The number of carbonyl (C=O) groups excluding carboxylic acids is 1. The summed E-state index contributed by atoms with van der Waals surface area (Å²) in [6, 6.07) is 7.95. The highest BCUT2D eigenvalue weighted by atomic mass is 16.5. The molecule has 5 nitrogen and oxygen atoms in total. The molecule has 1 unspecified atom stereocenters. The molecule has 0 bridgehead atoms. The van der Waals surface area contributed by atoms with Gasteiger partial charge in [-0.3, -0.25) is 4.79 Å². The van der Waals surface area contributed by atoms with Crippen molar-refractivity contribution >= 4 is 5.91 Å². The van der Waals surface area contributed by atoms with Gasteiger partial charge in [-0.25, -0.2) is 0 Å². The number of benzene rings is 1. The molecular weight excluding hydrogens is 254 g/mol. The Morgan fingerprint density at radius 2 is 1.95 bits per heavy atom. The Kier molecular flexibility index (Phi) is 4.75. The predicted molar refractivity (Wildman–Crippen MR) is 77.9 cm³/mol. The molecule has 0 saturated carbocycles. The maximum Gasteiger partial charge on any atom is 0.240 e. The van der Waals surface area contributed by atoms with Crippen LogP contribution in [0.1, 0.15) is 36.9 Å². The highest BCUT2D eigenvalue weighted by Gasteiger charge is 2.35. The van der Waals surface area contributed by atoms with E-state index in [1.807, 2.05) is 31.2 Å². The van der Waals surface area contributed by atoms with Crippen molar-refractivity contribution in [1.29, 1.82) is 0 Å². The predicted octanol–water partition coefficient (Wildman–Crippen LogP) is 0.830. The van der Waals surface area contributed by atoms with Gasteiger partial charge in [0.2, 0.25) is 5.91 Å². The fourth-order valence-electron chi connectivity index (χ4n) is 2.26. The van der Waals surface area contributed by atoms with Crippen LogP contribution in [0.3, 0.4) is 0 Å². The topological polar surface area (TPSA) is 90.4 Å². The number of nitrogens with one attached hydrogen (secondary N) is 1. The van der Waals surface area contributed by atoms with E-state index in [0.29, 0.717) is 32.6 Å². The van der Waals surface area contributed by atoms with Crippen molar-refractivity contribution in [3.63, 3.8) is 0 Å². The molecule has 1 aliphatic heterocycles. The minimum atomic E-state index is -0.788. The zero-order valence-corrected chi connectivity index (χ0v) is 11.9. The van der Waals surface area contributed by atoms with E-state index in [2.05, 4.69) is 5.32 Å². The Balaban J connectivity index is 1.89. The average molecular weight is 277 g/mol. The summed E-state index contributed by atoms with van der Waals surface area (Å²) >= 11 is 0. The third-order valence-corrected chi connectivity index (χ3v) is 3.80. The van der Waals surface area contributed by atoms with Gasteiger partial charge in [-0.1, -0.05) is 24.3 Å². The molecule has 0 radical (unpaired) electrons. The van der Waals surface area contributed by atoms with E-state index in [4.69, 9.17) is 16.2 Å². The summed E-state index contributed by atoms with van der Waals surface area (Å²) in [4.78, 5) is 12.2. The Morgan fingerprint density at radius 3 is 2.50 bits per heavy atom. The number of rotatable bonds is 4. The van der Waals surface area contributed by atoms with E-state index in [-0.39, 0.29) is 11.9 Å². The maximum atomic E-state index is 12.2. The molecule has 2 rings (SSSR count). The molecule has 20 heavy (non-hydrogen) atoms. The van der Waals surface area contributed by atoms with E-state index in [0.717, 1.165) is 11.1 Å². The van der Waals surface area contributed by atoms with Gasteiger partial charge in [-0.2, -0.15) is 0 Å². The van der Waals surface area contributed by atoms with Crippen molar-refractivity contribution in [2.75, 3.05) is 13.2 Å². The summed E-state index contributed by atoms with van der Waals surface area (Å²) in [7, 11) is 0. The highest BCUT2D eigenvalue weighted by Crippen LogP contribution is 2.18. The molecule has 0 spiro atoms. The van der Waals surface area contributed by atoms with Gasteiger partial charge in [-0.15, -0.1) is 0 Å². The summed E-state index contributed by atoms with van der Waals surface area (Å²) in [5, 5.41) is 2.91. The van der Waals surface area contributed by atoms with E-state index < -0.39 is 5.54 Å². The Bertz CT molecular complexity index is 451. The Morgan fingerprint density at radius 1 is 1.35 bits per heavy atom. The highest BCUT2D eigenvalue weighted by molar-refractivity contribution is 5.86. The van der Waals surface area contributed by atoms with Gasteiger partial charge in [-0.05, 0) is 30.9 Å². The number of ether oxygens (including phenoxy) is 1. The van der Waals surface area contributed by atoms with Crippen molar-refractivity contribution < 1.29 is 9.53 Å². The minimum Gasteiger partial charge on any atom is -0.381 e. The first kappa shape index (κ1) is 15.0. The number of nitrogens with two attached hydrogens (primary N) is 2. The van der Waals surface area contributed by atoms with Crippen LogP contribution in [0.25, 0.3) is 0 Å². The molecule has 0 aromatic heterocycles. The number of carbonyl (C=O) groups is 1. The third kappa shape index (κ3) is 3.56. The van der Waals surface area contributed by atoms with Crippen molar-refractivity contribution in [2.24, 2.45) is 11.5 Å². The molecule has 5 N–H and O–H groups in total. The van der Waals surface area contributed by atoms with Crippen LogP contribution in [0.4, 0.5) is 0 Å². The van der Waals surface area contributed by atoms with Gasteiger partial charge in [0.1, 0.15) is 0 Å². The molecular formula is C15H23N3O2. The van der Waals surface area contributed by atoms with Crippen LogP contribution in [0.2, 0.25) is 0 Å². The normalized spacial score (nSPS) is 19.4. The van der Waals surface area contributed by atoms with Crippen molar-refractivity contribution in [1.82, 2.24) is 5.32 Å². The average Bonchev–Trinajstić information content (AvgIpc) is 2.46. The van der Waals surface area contributed by atoms with Crippen LogP contribution in [0, 0.1) is 0 Å². The molecule has 0 aliphatic carbocycles. The van der Waals surface area contributed by atoms with E-state index in [1.54, 1.807) is 0 Å². The zero-order valence-electron chi connectivity index (χ0n) is 11.9. The number of hydrogen-bond donors (Lipinski definition) is 3. The summed E-state index contributed by atoms with van der Waals surface area (Å²) in [5.74, 6) is -0.0999. The molecule has 1 aromatic rings. The summed E-state index contributed by atoms with van der Waals surface area (Å²) < 4.78 is 5.24. The second kappa shape index (κ2) is 6.35. The minimum absolute atomic E-state index is 0.0215. The molecule has 1 fully saturated rings. The van der Waals surface area contributed by atoms with Crippen LogP contribution in [-0.4, -0.2) is 24.7 Å². The van der Waals surface area contributed by atoms with Crippen molar-refractivity contribution in [3.8, 4) is 0 Å². The van der Waals surface area contributed by atoms with E-state index in [9.17, 15) is 4.79 Å². The molecule has 1 amide bonds. The monoisotopic (exact) mass is 277 g/mol. The lowest BCUT2D eigenvalue weighted by Crippen LogP contribution is -2.56. The fourth-order valence-corrected chi connectivity index (χ4v) is 2.26. The lowest BCUT2D eigenvalue weighted by molar-refractivity contribution is -0.129. The lowest BCUT2D eigenvalue weighted by atomic mass is 9.90. The molecule has 1 aliphatic rings. The van der Waals surface area contributed by atoms with E-state index in [1.165, 1.54) is 0 Å². The smallest absolute Gasteiger partial charge is 0.240 e. The second-order valence-corrected chi connectivity index (χ2v) is 5.48. The van der Waals surface area contributed by atoms with Crippen LogP contribution < -0.4 is 16.8 Å². The van der Waals surface area contributed by atoms with Crippen LogP contribution >= 0.6 is 0 Å². The summed E-state index contributed by atoms with van der Waals surface area (Å²) in [6.45, 7) is 3.53. The van der Waals surface area contributed by atoms with Crippen LogP contribution in [0.5, 0.6) is 0 Å². The van der Waals surface area contributed by atoms with Gasteiger partial charge in [0.15, 0.2) is 0 Å². The molecule has 1 aromatic carbocycles. The van der Waals surface area contributed by atoms with Gasteiger partial charge in [0.25, 0.3) is 0 Å². The quantitative estimate of drug-likeness (QED) is 0.760. The van der Waals surface area contributed by atoms with Gasteiger partial charge in [0, 0.05) is 25.8 Å². The first-order chi connectivity index (χ1) is 9.51. The molecule has 1 atom stereocenters. The lowest BCUT2D eigenvalue weighted by Gasteiger charge is -2.31. The summed E-state index contributed by atoms with van der Waals surface area (Å²) in [6.07, 6.45) is 1.14. The number of amides is 1. The summed E-state index contributed by atoms with van der Waals surface area (Å²) in [5.41, 5.74) is 13.3.